The molecule has 1 aromatic rings. The first-order valence-electron chi connectivity index (χ1n) is 5.51. The van der Waals surface area contributed by atoms with Gasteiger partial charge in [-0.05, 0) is 13.0 Å². The average Bonchev–Trinajstić information content (AvgIpc) is 2.33. The SMILES string of the molecule is CC=CC(=O)N(C)Cc1cn(C)c(=O)n(C)c1=O. The molecule has 0 radical (unpaired) electrons. The van der Waals surface area contributed by atoms with Gasteiger partial charge >= 0.3 is 5.69 Å². The molecular weight excluding hydrogens is 234 g/mol. The predicted octanol–water partition coefficient (Wildman–Crippen LogP) is -0.381. The number of carbonyl (C=O) groups excluding carboxylic acids is 1. The molecular formula is C12H17N3O3. The van der Waals surface area contributed by atoms with Crippen molar-refractivity contribution in [3.63, 3.8) is 0 Å². The minimum atomic E-state index is -0.383. The van der Waals surface area contributed by atoms with Gasteiger partial charge in [-0.2, -0.15) is 0 Å². The normalized spacial score (nSPS) is 10.9. The fourth-order valence-electron chi connectivity index (χ4n) is 1.59. The van der Waals surface area contributed by atoms with Gasteiger partial charge in [-0.3, -0.25) is 14.2 Å². The number of likely N-dealkylation sites (N-methyl/N-ethyl adjacent to an activating group) is 1. The molecule has 1 heterocycles. The zero-order chi connectivity index (χ0) is 13.9. The largest absolute Gasteiger partial charge is 0.338 e. The van der Waals surface area contributed by atoms with Gasteiger partial charge in [0.1, 0.15) is 0 Å². The van der Waals surface area contributed by atoms with Gasteiger partial charge in [0, 0.05) is 27.3 Å². The Kier molecular flexibility index (Phi) is 4.25. The summed E-state index contributed by atoms with van der Waals surface area (Å²) in [6.45, 7) is 1.92. The van der Waals surface area contributed by atoms with Crippen LogP contribution in [0.25, 0.3) is 0 Å². The Morgan fingerprint density at radius 2 is 2.00 bits per heavy atom. The monoisotopic (exact) mass is 251 g/mol. The van der Waals surface area contributed by atoms with Crippen LogP contribution >= 0.6 is 0 Å². The van der Waals surface area contributed by atoms with Gasteiger partial charge in [0.15, 0.2) is 0 Å². The maximum Gasteiger partial charge on any atom is 0.330 e. The molecule has 0 N–H and O–H groups in total. The van der Waals surface area contributed by atoms with E-state index in [2.05, 4.69) is 0 Å². The summed E-state index contributed by atoms with van der Waals surface area (Å²) in [5.41, 5.74) is -0.357. The van der Waals surface area contributed by atoms with Crippen molar-refractivity contribution >= 4 is 5.91 Å². The van der Waals surface area contributed by atoms with Gasteiger partial charge in [-0.1, -0.05) is 6.08 Å². The molecule has 1 aromatic heterocycles. The van der Waals surface area contributed by atoms with Gasteiger partial charge in [0.2, 0.25) is 5.91 Å². The lowest BCUT2D eigenvalue weighted by Gasteiger charge is -2.15. The number of hydrogen-bond acceptors (Lipinski definition) is 3. The quantitative estimate of drug-likeness (QED) is 0.688. The molecule has 0 aliphatic carbocycles. The smallest absolute Gasteiger partial charge is 0.330 e. The number of rotatable bonds is 3. The third kappa shape index (κ3) is 2.77. The molecule has 98 valence electrons. The topological polar surface area (TPSA) is 64.3 Å². The van der Waals surface area contributed by atoms with E-state index in [1.807, 2.05) is 0 Å². The minimum Gasteiger partial charge on any atom is -0.338 e. The van der Waals surface area contributed by atoms with Gasteiger partial charge in [-0.15, -0.1) is 0 Å². The molecule has 0 spiro atoms. The van der Waals surface area contributed by atoms with E-state index in [9.17, 15) is 14.4 Å². The van der Waals surface area contributed by atoms with Crippen molar-refractivity contribution < 1.29 is 4.79 Å². The highest BCUT2D eigenvalue weighted by Gasteiger charge is 2.11. The van der Waals surface area contributed by atoms with Crippen LogP contribution in [0.4, 0.5) is 0 Å². The highest BCUT2D eigenvalue weighted by molar-refractivity contribution is 5.87. The number of carbonyl (C=O) groups is 1. The fraction of sp³-hybridized carbons (Fsp3) is 0.417. The molecule has 0 aromatic carbocycles. The van der Waals surface area contributed by atoms with Gasteiger partial charge in [0.25, 0.3) is 5.56 Å². The van der Waals surface area contributed by atoms with E-state index in [1.165, 1.54) is 28.8 Å². The second-order valence-corrected chi connectivity index (χ2v) is 4.11. The molecule has 0 saturated carbocycles. The van der Waals surface area contributed by atoms with Crippen LogP contribution in [-0.4, -0.2) is 27.0 Å². The summed E-state index contributed by atoms with van der Waals surface area (Å²) in [6, 6.07) is 0. The van der Waals surface area contributed by atoms with Crippen molar-refractivity contribution in [3.8, 4) is 0 Å². The summed E-state index contributed by atoms with van der Waals surface area (Å²) in [5, 5.41) is 0. The van der Waals surface area contributed by atoms with E-state index in [0.29, 0.717) is 5.56 Å². The molecule has 1 amide bonds. The van der Waals surface area contributed by atoms with Crippen molar-refractivity contribution in [1.29, 1.82) is 0 Å². The Labute approximate surface area is 105 Å². The van der Waals surface area contributed by atoms with Crippen molar-refractivity contribution in [2.24, 2.45) is 14.1 Å². The number of hydrogen-bond donors (Lipinski definition) is 0. The van der Waals surface area contributed by atoms with Crippen LogP contribution in [0, 0.1) is 0 Å². The first kappa shape index (κ1) is 14.0. The Balaban J connectivity index is 3.10. The van der Waals surface area contributed by atoms with Crippen LogP contribution in [0.5, 0.6) is 0 Å². The van der Waals surface area contributed by atoms with Gasteiger partial charge in [0.05, 0.1) is 12.1 Å². The summed E-state index contributed by atoms with van der Waals surface area (Å²) < 4.78 is 2.36. The molecule has 0 aliphatic rings. The van der Waals surface area contributed by atoms with E-state index < -0.39 is 0 Å². The summed E-state index contributed by atoms with van der Waals surface area (Å²) in [5.74, 6) is -0.187. The Morgan fingerprint density at radius 3 is 2.56 bits per heavy atom. The zero-order valence-corrected chi connectivity index (χ0v) is 11.0. The van der Waals surface area contributed by atoms with Crippen molar-refractivity contribution in [3.05, 3.63) is 44.8 Å². The molecule has 0 fully saturated rings. The predicted molar refractivity (Wildman–Crippen MR) is 68.2 cm³/mol. The molecule has 6 nitrogen and oxygen atoms in total. The molecule has 1 rings (SSSR count). The molecule has 6 heteroatoms. The Hall–Kier alpha value is -2.11. The minimum absolute atomic E-state index is 0.171. The maximum atomic E-state index is 11.9. The summed E-state index contributed by atoms with van der Waals surface area (Å²) >= 11 is 0. The van der Waals surface area contributed by atoms with Crippen molar-refractivity contribution in [2.75, 3.05) is 7.05 Å². The number of nitrogens with zero attached hydrogens (tertiary/aromatic N) is 3. The molecule has 0 atom stereocenters. The van der Waals surface area contributed by atoms with E-state index in [0.717, 1.165) is 4.57 Å². The van der Waals surface area contributed by atoms with E-state index in [1.54, 1.807) is 27.1 Å². The fourth-order valence-corrected chi connectivity index (χ4v) is 1.59. The highest BCUT2D eigenvalue weighted by atomic mass is 16.2. The van der Waals surface area contributed by atoms with Gasteiger partial charge < -0.3 is 9.47 Å². The number of aryl methyl sites for hydroxylation is 1. The molecule has 0 unspecified atom stereocenters. The third-order valence-electron chi connectivity index (χ3n) is 2.61. The number of amides is 1. The van der Waals surface area contributed by atoms with Crippen LogP contribution in [0.1, 0.15) is 12.5 Å². The Bertz CT molecular complexity index is 596. The lowest BCUT2D eigenvalue weighted by atomic mass is 10.3. The second-order valence-electron chi connectivity index (χ2n) is 4.11. The van der Waals surface area contributed by atoms with Gasteiger partial charge in [-0.25, -0.2) is 4.79 Å². The molecule has 0 aliphatic heterocycles. The van der Waals surface area contributed by atoms with Crippen LogP contribution in [0.3, 0.4) is 0 Å². The molecule has 0 bridgehead atoms. The second kappa shape index (κ2) is 5.48. The van der Waals surface area contributed by atoms with Crippen LogP contribution < -0.4 is 11.2 Å². The van der Waals surface area contributed by atoms with Crippen molar-refractivity contribution in [2.45, 2.75) is 13.5 Å². The first-order chi connectivity index (χ1) is 8.38. The van der Waals surface area contributed by atoms with E-state index in [4.69, 9.17) is 0 Å². The maximum absolute atomic E-state index is 11.9. The lowest BCUT2D eigenvalue weighted by molar-refractivity contribution is -0.125. The van der Waals surface area contributed by atoms with Crippen LogP contribution in [0.15, 0.2) is 27.9 Å². The highest BCUT2D eigenvalue weighted by Crippen LogP contribution is 1.97. The average molecular weight is 251 g/mol. The summed E-state index contributed by atoms with van der Waals surface area (Å²) in [4.78, 5) is 36.3. The molecule has 18 heavy (non-hydrogen) atoms. The summed E-state index contributed by atoms with van der Waals surface area (Å²) in [7, 11) is 4.59. The number of allylic oxidation sites excluding steroid dienone is 1. The van der Waals surface area contributed by atoms with Crippen LogP contribution in [-0.2, 0) is 25.4 Å². The third-order valence-corrected chi connectivity index (χ3v) is 2.61. The van der Waals surface area contributed by atoms with Crippen molar-refractivity contribution in [1.82, 2.24) is 14.0 Å². The Morgan fingerprint density at radius 1 is 1.39 bits per heavy atom. The van der Waals surface area contributed by atoms with E-state index in [-0.39, 0.29) is 23.7 Å². The standard InChI is InChI=1S/C12H17N3O3/c1-5-6-10(16)13(2)7-9-8-14(3)12(18)15(4)11(9)17/h5-6,8H,7H2,1-4H3. The molecule has 0 saturated heterocycles. The van der Waals surface area contributed by atoms with Crippen LogP contribution in [0.2, 0.25) is 0 Å². The lowest BCUT2D eigenvalue weighted by Crippen LogP contribution is -2.40. The number of aromatic nitrogens is 2. The first-order valence-corrected chi connectivity index (χ1v) is 5.51. The zero-order valence-electron chi connectivity index (χ0n) is 11.0. The van der Waals surface area contributed by atoms with E-state index >= 15 is 0 Å². The summed E-state index contributed by atoms with van der Waals surface area (Å²) in [6.07, 6.45) is 4.52.